The molecule has 0 bridgehead atoms. The number of nitrogen functional groups attached to an aromatic ring is 1. The molecule has 29 heavy (non-hydrogen) atoms. The fourth-order valence-electron chi connectivity index (χ4n) is 4.03. The lowest BCUT2D eigenvalue weighted by Crippen LogP contribution is -2.55. The summed E-state index contributed by atoms with van der Waals surface area (Å²) in [5, 5.41) is 11.3. The van der Waals surface area contributed by atoms with Gasteiger partial charge in [-0.25, -0.2) is 4.79 Å². The number of nitrogens with zero attached hydrogens (tertiary/aromatic N) is 2. The maximum Gasteiger partial charge on any atom is 0.351 e. The first-order valence-electron chi connectivity index (χ1n) is 10.7. The molecule has 2 heterocycles. The van der Waals surface area contributed by atoms with E-state index in [1.165, 1.54) is 16.8 Å². The Labute approximate surface area is 176 Å². The predicted octanol–water partition coefficient (Wildman–Crippen LogP) is 1.79. The molecule has 3 N–H and O–H groups in total. The third-order valence-electron chi connectivity index (χ3n) is 6.40. The molecule has 0 spiro atoms. The number of aromatic nitrogens is 2. The first-order valence-corrected chi connectivity index (χ1v) is 15.5. The van der Waals surface area contributed by atoms with Crippen LogP contribution in [0.25, 0.3) is 0 Å². The molecule has 4 unspecified atom stereocenters. The molecular formula is C19H37N3O5Si2. The molecule has 0 aliphatic carbocycles. The number of aliphatic hydroxyl groups excluding tert-OH is 1. The molecule has 1 fully saturated rings. The third kappa shape index (κ3) is 4.83. The molecule has 166 valence electrons. The van der Waals surface area contributed by atoms with Crippen molar-refractivity contribution >= 4 is 23.9 Å². The number of hydrogen-bond donors (Lipinski definition) is 2. The molecule has 0 saturated carbocycles. The molecule has 1 saturated heterocycles. The van der Waals surface area contributed by atoms with Gasteiger partial charge in [-0.3, -0.25) is 4.57 Å². The van der Waals surface area contributed by atoms with E-state index in [1.807, 2.05) is 0 Å². The molecule has 1 aromatic rings. The van der Waals surface area contributed by atoms with Crippen LogP contribution in [0.15, 0.2) is 17.1 Å². The highest BCUT2D eigenvalue weighted by molar-refractivity contribution is 6.72. The van der Waals surface area contributed by atoms with E-state index in [0.717, 1.165) is 24.9 Å². The van der Waals surface area contributed by atoms with Crippen LogP contribution in [-0.2, 0) is 13.6 Å². The fraction of sp³-hybridized carbons (Fsp3) is 0.789. The van der Waals surface area contributed by atoms with Crippen LogP contribution in [0.1, 0.15) is 46.8 Å². The zero-order valence-electron chi connectivity index (χ0n) is 18.6. The lowest BCUT2D eigenvalue weighted by molar-refractivity contribution is -0.129. The molecule has 2 rings (SSSR count). The fourth-order valence-corrected chi connectivity index (χ4v) is 6.93. The second-order valence-corrected chi connectivity index (χ2v) is 13.3. The molecule has 1 aliphatic rings. The minimum Gasteiger partial charge on any atom is -0.416 e. The number of ether oxygens (including phenoxy) is 1. The summed E-state index contributed by atoms with van der Waals surface area (Å²) < 4.78 is 20.6. The Morgan fingerprint density at radius 2 is 1.97 bits per heavy atom. The van der Waals surface area contributed by atoms with Gasteiger partial charge in [-0.1, -0.05) is 34.2 Å². The first-order chi connectivity index (χ1) is 13.7. The standard InChI is InChI=1S/C19H37N3O5Si2/c1-7-19(8-2,27-28-5)16-15(26-29(6,9-3)10-4)14(23)17(25-16)22-12-11-13(20)21-18(22)24/h11-12,14-17,23H,7-10,28H2,1-6H3,(H2,20,21,24). The predicted molar refractivity (Wildman–Crippen MR) is 119 cm³/mol. The van der Waals surface area contributed by atoms with Gasteiger partial charge in [0.05, 0.1) is 5.60 Å². The van der Waals surface area contributed by atoms with Gasteiger partial charge in [-0.2, -0.15) is 4.98 Å². The van der Waals surface area contributed by atoms with E-state index in [0.29, 0.717) is 0 Å². The summed E-state index contributed by atoms with van der Waals surface area (Å²) in [5.74, 6) is 0.136. The third-order valence-corrected chi connectivity index (χ3v) is 11.1. The Kier molecular flexibility index (Phi) is 8.22. The smallest absolute Gasteiger partial charge is 0.351 e. The molecule has 1 aliphatic heterocycles. The van der Waals surface area contributed by atoms with Gasteiger partial charge in [-0.05, 0) is 37.5 Å². The Morgan fingerprint density at radius 1 is 1.34 bits per heavy atom. The monoisotopic (exact) mass is 443 g/mol. The summed E-state index contributed by atoms with van der Waals surface area (Å²) in [5.41, 5.74) is 4.52. The van der Waals surface area contributed by atoms with Crippen molar-refractivity contribution < 1.29 is 18.7 Å². The second kappa shape index (κ2) is 9.84. The van der Waals surface area contributed by atoms with Crippen LogP contribution >= 0.6 is 0 Å². The Morgan fingerprint density at radius 3 is 2.45 bits per heavy atom. The van der Waals surface area contributed by atoms with E-state index < -0.39 is 53.9 Å². The van der Waals surface area contributed by atoms with Crippen molar-refractivity contribution in [3.8, 4) is 0 Å². The van der Waals surface area contributed by atoms with Crippen LogP contribution in [0.5, 0.6) is 0 Å². The Bertz CT molecular complexity index is 724. The number of anilines is 1. The second-order valence-electron chi connectivity index (χ2n) is 7.92. The normalized spacial score (nSPS) is 25.9. The molecular weight excluding hydrogens is 406 g/mol. The van der Waals surface area contributed by atoms with E-state index in [-0.39, 0.29) is 5.82 Å². The van der Waals surface area contributed by atoms with Gasteiger partial charge in [0.2, 0.25) is 0 Å². The van der Waals surface area contributed by atoms with Crippen molar-refractivity contribution in [2.24, 2.45) is 0 Å². The molecule has 0 amide bonds. The van der Waals surface area contributed by atoms with Crippen molar-refractivity contribution in [1.29, 1.82) is 0 Å². The highest BCUT2D eigenvalue weighted by Crippen LogP contribution is 2.42. The largest absolute Gasteiger partial charge is 0.416 e. The highest BCUT2D eigenvalue weighted by atomic mass is 28.4. The summed E-state index contributed by atoms with van der Waals surface area (Å²) in [6.07, 6.45) is 0.0495. The molecule has 1 aromatic heterocycles. The van der Waals surface area contributed by atoms with E-state index >= 15 is 0 Å². The van der Waals surface area contributed by atoms with Crippen LogP contribution in [0.4, 0.5) is 5.82 Å². The SMILES string of the molecule is CCC(CC)(O[SiH2]C)C1OC(n2ccc(N)nc2=O)C(O)C1O[Si](C)(CC)CC. The van der Waals surface area contributed by atoms with Gasteiger partial charge in [0, 0.05) is 6.20 Å². The maximum absolute atomic E-state index is 12.4. The Balaban J connectivity index is 2.51. The summed E-state index contributed by atoms with van der Waals surface area (Å²) >= 11 is 0. The van der Waals surface area contributed by atoms with Gasteiger partial charge in [-0.15, -0.1) is 0 Å². The van der Waals surface area contributed by atoms with Crippen LogP contribution in [0, 0.1) is 0 Å². The Hall–Kier alpha value is -1.05. The van der Waals surface area contributed by atoms with Crippen LogP contribution < -0.4 is 11.4 Å². The van der Waals surface area contributed by atoms with E-state index in [1.54, 1.807) is 0 Å². The molecule has 10 heteroatoms. The topological polar surface area (TPSA) is 109 Å². The lowest BCUT2D eigenvalue weighted by atomic mass is 9.87. The van der Waals surface area contributed by atoms with Gasteiger partial charge in [0.1, 0.15) is 24.1 Å². The zero-order chi connectivity index (χ0) is 21.8. The van der Waals surface area contributed by atoms with E-state index in [4.69, 9.17) is 19.3 Å². The average Bonchev–Trinajstić information content (AvgIpc) is 3.02. The average molecular weight is 444 g/mol. The number of aliphatic hydroxyl groups is 1. The van der Waals surface area contributed by atoms with Crippen molar-refractivity contribution in [3.63, 3.8) is 0 Å². The summed E-state index contributed by atoms with van der Waals surface area (Å²) in [6, 6.07) is 3.39. The van der Waals surface area contributed by atoms with Gasteiger partial charge < -0.3 is 24.4 Å². The van der Waals surface area contributed by atoms with E-state index in [9.17, 15) is 9.90 Å². The summed E-state index contributed by atoms with van der Waals surface area (Å²) in [7, 11) is -2.77. The van der Waals surface area contributed by atoms with Gasteiger partial charge in [0.15, 0.2) is 24.3 Å². The molecule has 0 aromatic carbocycles. The quantitative estimate of drug-likeness (QED) is 0.531. The van der Waals surface area contributed by atoms with Crippen molar-refractivity contribution in [3.05, 3.63) is 22.7 Å². The summed E-state index contributed by atoms with van der Waals surface area (Å²) in [4.78, 5) is 16.2. The maximum atomic E-state index is 12.4. The van der Waals surface area contributed by atoms with E-state index in [2.05, 4.69) is 45.8 Å². The van der Waals surface area contributed by atoms with Crippen molar-refractivity contribution in [1.82, 2.24) is 9.55 Å². The number of hydrogen-bond acceptors (Lipinski definition) is 7. The van der Waals surface area contributed by atoms with Crippen molar-refractivity contribution in [2.75, 3.05) is 5.73 Å². The minimum absolute atomic E-state index is 0.136. The van der Waals surface area contributed by atoms with Gasteiger partial charge in [0.25, 0.3) is 0 Å². The molecule has 8 nitrogen and oxygen atoms in total. The highest BCUT2D eigenvalue weighted by Gasteiger charge is 2.55. The molecule has 0 radical (unpaired) electrons. The first kappa shape index (κ1) is 24.2. The summed E-state index contributed by atoms with van der Waals surface area (Å²) in [6.45, 7) is 12.7. The number of nitrogens with two attached hydrogens (primary N) is 1. The molecule has 4 atom stereocenters. The van der Waals surface area contributed by atoms with Gasteiger partial charge >= 0.3 is 5.69 Å². The lowest BCUT2D eigenvalue weighted by Gasteiger charge is -2.42. The van der Waals surface area contributed by atoms with Crippen LogP contribution in [0.2, 0.25) is 25.2 Å². The number of rotatable bonds is 10. The zero-order valence-corrected chi connectivity index (χ0v) is 21.0. The van der Waals surface area contributed by atoms with Crippen LogP contribution in [-0.4, -0.2) is 56.7 Å². The van der Waals surface area contributed by atoms with Crippen molar-refractivity contribution in [2.45, 2.75) is 95.9 Å². The minimum atomic E-state index is -2.03. The van der Waals surface area contributed by atoms with Crippen LogP contribution in [0.3, 0.4) is 0 Å².